The van der Waals surface area contributed by atoms with Crippen molar-refractivity contribution in [3.8, 4) is 11.5 Å². The number of halogens is 1. The SMILES string of the molecule is CCCOc1ccc(C2c3c(oc4ccc(Br)cc4c3=O)C(=O)N2c2ccc(C)cc2)cc1OCC. The summed E-state index contributed by atoms with van der Waals surface area (Å²) in [5.41, 5.74) is 2.94. The fraction of sp³-hybridized carbons (Fsp3) is 0.241. The number of ether oxygens (including phenoxy) is 2. The lowest BCUT2D eigenvalue weighted by atomic mass is 9.97. The molecule has 7 heteroatoms. The molecule has 184 valence electrons. The van der Waals surface area contributed by atoms with E-state index in [1.165, 1.54) is 0 Å². The van der Waals surface area contributed by atoms with Crippen molar-refractivity contribution in [2.24, 2.45) is 0 Å². The van der Waals surface area contributed by atoms with Crippen LogP contribution in [0.1, 0.15) is 53.6 Å². The summed E-state index contributed by atoms with van der Waals surface area (Å²) in [7, 11) is 0. The van der Waals surface area contributed by atoms with E-state index in [9.17, 15) is 9.59 Å². The Morgan fingerprint density at radius 2 is 1.72 bits per heavy atom. The molecule has 1 aliphatic rings. The second-order valence-corrected chi connectivity index (χ2v) is 9.63. The fourth-order valence-electron chi connectivity index (χ4n) is 4.53. The molecule has 4 aromatic rings. The lowest BCUT2D eigenvalue weighted by molar-refractivity contribution is 0.0971. The van der Waals surface area contributed by atoms with Crippen LogP contribution >= 0.6 is 15.9 Å². The molecule has 0 fully saturated rings. The average Bonchev–Trinajstić information content (AvgIpc) is 3.17. The molecule has 1 aliphatic heterocycles. The van der Waals surface area contributed by atoms with Gasteiger partial charge in [-0.05, 0) is 68.3 Å². The Hall–Kier alpha value is -3.58. The minimum Gasteiger partial charge on any atom is -0.490 e. The van der Waals surface area contributed by atoms with E-state index in [0.29, 0.717) is 46.9 Å². The van der Waals surface area contributed by atoms with E-state index in [1.807, 2.05) is 63.2 Å². The number of benzene rings is 3. The Morgan fingerprint density at radius 1 is 0.944 bits per heavy atom. The van der Waals surface area contributed by atoms with E-state index in [4.69, 9.17) is 13.9 Å². The highest BCUT2D eigenvalue weighted by atomic mass is 79.9. The first-order chi connectivity index (χ1) is 17.4. The summed E-state index contributed by atoms with van der Waals surface area (Å²) in [6, 6.07) is 17.8. The predicted octanol–water partition coefficient (Wildman–Crippen LogP) is 6.80. The Balaban J connectivity index is 1.75. The van der Waals surface area contributed by atoms with E-state index in [1.54, 1.807) is 23.1 Å². The summed E-state index contributed by atoms with van der Waals surface area (Å²) in [6.07, 6.45) is 0.864. The van der Waals surface area contributed by atoms with Gasteiger partial charge in [-0.2, -0.15) is 0 Å². The maximum Gasteiger partial charge on any atom is 0.295 e. The molecule has 0 saturated heterocycles. The monoisotopic (exact) mass is 547 g/mol. The van der Waals surface area contributed by atoms with Gasteiger partial charge in [-0.1, -0.05) is 46.6 Å². The summed E-state index contributed by atoms with van der Waals surface area (Å²) in [5.74, 6) is 0.902. The first kappa shape index (κ1) is 24.1. The highest BCUT2D eigenvalue weighted by Gasteiger charge is 2.44. The van der Waals surface area contributed by atoms with Gasteiger partial charge in [-0.15, -0.1) is 0 Å². The number of fused-ring (bicyclic) bond motifs is 2. The van der Waals surface area contributed by atoms with Gasteiger partial charge in [0.1, 0.15) is 5.58 Å². The molecule has 0 bridgehead atoms. The van der Waals surface area contributed by atoms with Gasteiger partial charge < -0.3 is 13.9 Å². The number of aryl methyl sites for hydroxylation is 1. The highest BCUT2D eigenvalue weighted by Crippen LogP contribution is 2.43. The van der Waals surface area contributed by atoms with Gasteiger partial charge >= 0.3 is 0 Å². The van der Waals surface area contributed by atoms with Crippen LogP contribution in [0.5, 0.6) is 11.5 Å². The van der Waals surface area contributed by atoms with Crippen molar-refractivity contribution in [2.45, 2.75) is 33.2 Å². The lowest BCUT2D eigenvalue weighted by Crippen LogP contribution is -2.29. The molecular weight excluding hydrogens is 522 g/mol. The number of hydrogen-bond donors (Lipinski definition) is 0. The zero-order chi connectivity index (χ0) is 25.4. The Morgan fingerprint density at radius 3 is 2.44 bits per heavy atom. The molecule has 5 rings (SSSR count). The van der Waals surface area contributed by atoms with Crippen molar-refractivity contribution >= 4 is 38.5 Å². The number of amides is 1. The second-order valence-electron chi connectivity index (χ2n) is 8.72. The van der Waals surface area contributed by atoms with Gasteiger partial charge in [0.2, 0.25) is 5.76 Å². The fourth-order valence-corrected chi connectivity index (χ4v) is 4.89. The van der Waals surface area contributed by atoms with Gasteiger partial charge in [0.25, 0.3) is 5.91 Å². The van der Waals surface area contributed by atoms with Gasteiger partial charge in [0.05, 0.1) is 30.2 Å². The lowest BCUT2D eigenvalue weighted by Gasteiger charge is -2.26. The van der Waals surface area contributed by atoms with Crippen LogP contribution < -0.4 is 19.8 Å². The molecule has 0 spiro atoms. The molecule has 0 radical (unpaired) electrons. The Kier molecular flexibility index (Phi) is 6.58. The van der Waals surface area contributed by atoms with Crippen molar-refractivity contribution in [3.05, 3.63) is 97.8 Å². The summed E-state index contributed by atoms with van der Waals surface area (Å²) in [6.45, 7) is 6.94. The number of anilines is 1. The van der Waals surface area contributed by atoms with Crippen molar-refractivity contribution in [1.82, 2.24) is 0 Å². The number of carbonyl (C=O) groups is 1. The number of hydrogen-bond acceptors (Lipinski definition) is 5. The number of carbonyl (C=O) groups excluding carboxylic acids is 1. The zero-order valence-corrected chi connectivity index (χ0v) is 21.9. The smallest absolute Gasteiger partial charge is 0.295 e. The van der Waals surface area contributed by atoms with Crippen LogP contribution in [0.4, 0.5) is 5.69 Å². The summed E-state index contributed by atoms with van der Waals surface area (Å²) in [4.78, 5) is 29.2. The van der Waals surface area contributed by atoms with Crippen LogP contribution in [0.25, 0.3) is 11.0 Å². The zero-order valence-electron chi connectivity index (χ0n) is 20.3. The topological polar surface area (TPSA) is 69.0 Å². The molecule has 2 heterocycles. The molecule has 1 atom stereocenters. The molecule has 0 saturated carbocycles. The van der Waals surface area contributed by atoms with Crippen LogP contribution in [0.3, 0.4) is 0 Å². The second kappa shape index (κ2) is 9.82. The van der Waals surface area contributed by atoms with Crippen LogP contribution in [0.2, 0.25) is 0 Å². The molecule has 6 nitrogen and oxygen atoms in total. The standard InChI is InChI=1S/C29H26BrNO5/c1-4-14-35-23-12-8-18(15-24(23)34-5-2)26-25-27(32)21-16-19(30)9-13-22(21)36-28(25)29(33)31(26)20-10-6-17(3)7-11-20/h6-13,15-16,26H,4-5,14H2,1-3H3. The van der Waals surface area contributed by atoms with Crippen LogP contribution in [-0.4, -0.2) is 19.1 Å². The highest BCUT2D eigenvalue weighted by molar-refractivity contribution is 9.10. The minimum atomic E-state index is -0.686. The summed E-state index contributed by atoms with van der Waals surface area (Å²) < 4.78 is 18.6. The van der Waals surface area contributed by atoms with Gasteiger partial charge in [0, 0.05) is 10.2 Å². The van der Waals surface area contributed by atoms with E-state index in [2.05, 4.69) is 15.9 Å². The van der Waals surface area contributed by atoms with Crippen molar-refractivity contribution < 1.29 is 18.7 Å². The first-order valence-electron chi connectivity index (χ1n) is 12.0. The largest absolute Gasteiger partial charge is 0.490 e. The molecule has 1 amide bonds. The maximum absolute atomic E-state index is 13.8. The van der Waals surface area contributed by atoms with Gasteiger partial charge in [-0.25, -0.2) is 0 Å². The summed E-state index contributed by atoms with van der Waals surface area (Å²) in [5, 5.41) is 0.416. The Bertz CT molecular complexity index is 1510. The third-order valence-electron chi connectivity index (χ3n) is 6.19. The molecule has 0 aliphatic carbocycles. The molecular formula is C29H26BrNO5. The van der Waals surface area contributed by atoms with Crippen LogP contribution in [0.15, 0.2) is 74.3 Å². The van der Waals surface area contributed by atoms with E-state index in [0.717, 1.165) is 22.0 Å². The normalized spacial score (nSPS) is 14.8. The van der Waals surface area contributed by atoms with Crippen molar-refractivity contribution in [2.75, 3.05) is 18.1 Å². The van der Waals surface area contributed by atoms with Gasteiger partial charge in [-0.3, -0.25) is 14.5 Å². The number of nitrogens with zero attached hydrogens (tertiary/aromatic N) is 1. The average molecular weight is 548 g/mol. The quantitative estimate of drug-likeness (QED) is 0.254. The third-order valence-corrected chi connectivity index (χ3v) is 6.68. The first-order valence-corrected chi connectivity index (χ1v) is 12.8. The molecule has 1 unspecified atom stereocenters. The van der Waals surface area contributed by atoms with E-state index >= 15 is 0 Å². The molecule has 0 N–H and O–H groups in total. The van der Waals surface area contributed by atoms with E-state index in [-0.39, 0.29) is 17.1 Å². The van der Waals surface area contributed by atoms with Crippen molar-refractivity contribution in [1.29, 1.82) is 0 Å². The maximum atomic E-state index is 13.8. The molecule has 1 aromatic heterocycles. The Labute approximate surface area is 217 Å². The van der Waals surface area contributed by atoms with Crippen molar-refractivity contribution in [3.63, 3.8) is 0 Å². The molecule has 36 heavy (non-hydrogen) atoms. The van der Waals surface area contributed by atoms with Crippen LogP contribution in [0, 0.1) is 6.92 Å². The van der Waals surface area contributed by atoms with E-state index < -0.39 is 6.04 Å². The number of rotatable bonds is 7. The predicted molar refractivity (Wildman–Crippen MR) is 143 cm³/mol. The molecule has 3 aromatic carbocycles. The summed E-state index contributed by atoms with van der Waals surface area (Å²) >= 11 is 3.44. The third kappa shape index (κ3) is 4.17. The van der Waals surface area contributed by atoms with Crippen LogP contribution in [-0.2, 0) is 0 Å². The van der Waals surface area contributed by atoms with Gasteiger partial charge in [0.15, 0.2) is 16.9 Å². The minimum absolute atomic E-state index is 0.0599.